The van der Waals surface area contributed by atoms with Crippen LogP contribution in [0.1, 0.15) is 26.0 Å². The minimum Gasteiger partial charge on any atom is -0.481 e. The van der Waals surface area contributed by atoms with Gasteiger partial charge in [-0.25, -0.2) is 14.2 Å². The number of allylic oxidation sites excluding steroid dienone is 4. The number of ether oxygens (including phenoxy) is 1. The summed E-state index contributed by atoms with van der Waals surface area (Å²) in [5, 5.41) is 20.9. The molecule has 10 nitrogen and oxygen atoms in total. The van der Waals surface area contributed by atoms with E-state index in [1.165, 1.54) is 23.6 Å². The third kappa shape index (κ3) is 5.47. The summed E-state index contributed by atoms with van der Waals surface area (Å²) in [4.78, 5) is 40.4. The molecule has 0 aromatic carbocycles. The molecule has 0 fully saturated rings. The molecule has 176 valence electrons. The number of anilines is 1. The first-order valence-electron chi connectivity index (χ1n) is 10.4. The number of rotatable bonds is 8. The predicted octanol–water partition coefficient (Wildman–Crippen LogP) is 2.53. The van der Waals surface area contributed by atoms with Crippen LogP contribution in [0.3, 0.4) is 0 Å². The topological polar surface area (TPSA) is 139 Å². The van der Waals surface area contributed by atoms with Crippen LogP contribution in [0.15, 0.2) is 69.4 Å². The summed E-state index contributed by atoms with van der Waals surface area (Å²) in [5.41, 5.74) is -0.961. The molecule has 1 aliphatic rings. The number of nitriles is 1. The normalized spacial score (nSPS) is 14.1. The number of halogens is 1. The highest BCUT2D eigenvalue weighted by Gasteiger charge is 2.18. The van der Waals surface area contributed by atoms with E-state index in [0.29, 0.717) is 0 Å². The Morgan fingerprint density at radius 3 is 2.82 bits per heavy atom. The largest absolute Gasteiger partial charge is 0.481 e. The van der Waals surface area contributed by atoms with Gasteiger partial charge in [0.1, 0.15) is 23.3 Å². The van der Waals surface area contributed by atoms with E-state index in [1.807, 2.05) is 6.07 Å². The number of carbonyl (C=O) groups is 1. The van der Waals surface area contributed by atoms with Gasteiger partial charge in [0.05, 0.1) is 5.92 Å². The Labute approximate surface area is 193 Å². The molecule has 0 unspecified atom stereocenters. The molecule has 2 aromatic rings. The van der Waals surface area contributed by atoms with Crippen LogP contribution in [0.4, 0.5) is 10.2 Å². The van der Waals surface area contributed by atoms with Crippen molar-refractivity contribution < 1.29 is 19.0 Å². The van der Waals surface area contributed by atoms with E-state index in [0.717, 1.165) is 16.7 Å². The Bertz CT molecular complexity index is 1360. The van der Waals surface area contributed by atoms with Gasteiger partial charge in [-0.1, -0.05) is 19.1 Å². The first-order valence-corrected chi connectivity index (χ1v) is 10.4. The molecule has 0 saturated heterocycles. The zero-order valence-electron chi connectivity index (χ0n) is 18.5. The van der Waals surface area contributed by atoms with Gasteiger partial charge >= 0.3 is 11.7 Å². The number of aromatic nitrogens is 3. The number of hydrogen-bond acceptors (Lipinski definition) is 7. The Kier molecular flexibility index (Phi) is 7.43. The monoisotopic (exact) mass is 467 g/mol. The third-order valence-corrected chi connectivity index (χ3v) is 4.96. The molecule has 0 aliphatic heterocycles. The van der Waals surface area contributed by atoms with Gasteiger partial charge in [0.25, 0.3) is 5.56 Å². The van der Waals surface area contributed by atoms with E-state index in [2.05, 4.69) is 10.3 Å². The first-order chi connectivity index (χ1) is 16.2. The fraction of sp³-hybridized carbons (Fsp3) is 0.261. The highest BCUT2D eigenvalue weighted by atomic mass is 19.1. The Balaban J connectivity index is 1.90. The van der Waals surface area contributed by atoms with Crippen molar-refractivity contribution in [1.29, 1.82) is 5.26 Å². The van der Waals surface area contributed by atoms with Gasteiger partial charge < -0.3 is 15.2 Å². The molecular weight excluding hydrogens is 445 g/mol. The van der Waals surface area contributed by atoms with Crippen LogP contribution in [0.25, 0.3) is 0 Å². The standard InChI is InChI=1S/C23H22FN5O5/c1-3-28-19(11-21(30)29(23(28)33)13-14(2)22(31)32)26-15-6-4-8-18(17(24)10-15)34-20-9-5-7-16(12-25)27-20/h4-7,9-11,14,26H,3,8,13H2,1-2H3,(H,31,32)/t14-/m0/s1. The van der Waals surface area contributed by atoms with Crippen molar-refractivity contribution >= 4 is 11.8 Å². The number of nitrogens with zero attached hydrogens (tertiary/aromatic N) is 4. The fourth-order valence-corrected chi connectivity index (χ4v) is 3.18. The van der Waals surface area contributed by atoms with Crippen LogP contribution in [-0.4, -0.2) is 25.2 Å². The lowest BCUT2D eigenvalue weighted by molar-refractivity contribution is -0.141. The lowest BCUT2D eigenvalue weighted by Gasteiger charge is -2.16. The maximum atomic E-state index is 14.9. The summed E-state index contributed by atoms with van der Waals surface area (Å²) < 4.78 is 22.5. The molecular formula is C23H22FN5O5. The van der Waals surface area contributed by atoms with E-state index in [-0.39, 0.29) is 48.4 Å². The molecule has 34 heavy (non-hydrogen) atoms. The van der Waals surface area contributed by atoms with Crippen LogP contribution in [0.2, 0.25) is 0 Å². The van der Waals surface area contributed by atoms with Gasteiger partial charge in [-0.15, -0.1) is 0 Å². The number of carboxylic acid groups (broad SMARTS) is 1. The van der Waals surface area contributed by atoms with E-state index in [1.54, 1.807) is 25.1 Å². The maximum absolute atomic E-state index is 14.9. The van der Waals surface area contributed by atoms with E-state index in [9.17, 15) is 18.8 Å². The van der Waals surface area contributed by atoms with Gasteiger partial charge in [0.15, 0.2) is 5.83 Å². The first kappa shape index (κ1) is 24.2. The van der Waals surface area contributed by atoms with Crippen molar-refractivity contribution in [3.05, 3.63) is 86.3 Å². The van der Waals surface area contributed by atoms with E-state index in [4.69, 9.17) is 15.1 Å². The van der Waals surface area contributed by atoms with E-state index >= 15 is 0 Å². The molecule has 1 aliphatic carbocycles. The van der Waals surface area contributed by atoms with Crippen molar-refractivity contribution in [2.45, 2.75) is 33.4 Å². The quantitative estimate of drug-likeness (QED) is 0.604. The molecule has 0 spiro atoms. The van der Waals surface area contributed by atoms with Crippen molar-refractivity contribution in [3.63, 3.8) is 0 Å². The van der Waals surface area contributed by atoms with Crippen molar-refractivity contribution in [3.8, 4) is 11.9 Å². The molecule has 0 amide bonds. The van der Waals surface area contributed by atoms with Crippen LogP contribution in [0, 0.1) is 17.2 Å². The average Bonchev–Trinajstić information content (AvgIpc) is 2.97. The van der Waals surface area contributed by atoms with Gasteiger partial charge in [0.2, 0.25) is 5.88 Å². The van der Waals surface area contributed by atoms with Crippen molar-refractivity contribution in [2.75, 3.05) is 5.32 Å². The van der Waals surface area contributed by atoms with Crippen LogP contribution in [-0.2, 0) is 17.9 Å². The molecule has 0 saturated carbocycles. The van der Waals surface area contributed by atoms with Crippen LogP contribution >= 0.6 is 0 Å². The number of hydrogen-bond donors (Lipinski definition) is 2. The highest BCUT2D eigenvalue weighted by Crippen LogP contribution is 2.23. The molecule has 0 bridgehead atoms. The Hall–Kier alpha value is -4.46. The van der Waals surface area contributed by atoms with Gasteiger partial charge in [-0.05, 0) is 19.1 Å². The number of aliphatic carboxylic acids is 1. The molecule has 11 heteroatoms. The Morgan fingerprint density at radius 1 is 1.38 bits per heavy atom. The zero-order chi connectivity index (χ0) is 24.8. The zero-order valence-corrected chi connectivity index (χ0v) is 18.5. The van der Waals surface area contributed by atoms with Crippen LogP contribution < -0.4 is 21.3 Å². The molecule has 2 N–H and O–H groups in total. The Morgan fingerprint density at radius 2 is 2.15 bits per heavy atom. The summed E-state index contributed by atoms with van der Waals surface area (Å²) in [6, 6.07) is 7.61. The van der Waals surface area contributed by atoms with E-state index < -0.39 is 29.0 Å². The second-order valence-electron chi connectivity index (χ2n) is 7.42. The molecule has 2 aromatic heterocycles. The highest BCUT2D eigenvalue weighted by molar-refractivity contribution is 5.69. The molecule has 1 atom stereocenters. The minimum absolute atomic E-state index is 0.0263. The lowest BCUT2D eigenvalue weighted by atomic mass is 10.2. The smallest absolute Gasteiger partial charge is 0.332 e. The average molecular weight is 467 g/mol. The predicted molar refractivity (Wildman–Crippen MR) is 121 cm³/mol. The number of carboxylic acids is 1. The molecule has 3 rings (SSSR count). The van der Waals surface area contributed by atoms with Crippen molar-refractivity contribution in [1.82, 2.24) is 14.1 Å². The number of nitrogens with one attached hydrogen (secondary N) is 1. The molecule has 0 radical (unpaired) electrons. The van der Waals surface area contributed by atoms with Crippen LogP contribution in [0.5, 0.6) is 5.88 Å². The lowest BCUT2D eigenvalue weighted by Crippen LogP contribution is -2.42. The third-order valence-electron chi connectivity index (χ3n) is 4.96. The minimum atomic E-state index is -1.12. The summed E-state index contributed by atoms with van der Waals surface area (Å²) in [6.07, 6.45) is 4.44. The summed E-state index contributed by atoms with van der Waals surface area (Å²) in [6.45, 7) is 3.01. The maximum Gasteiger partial charge on any atom is 0.332 e. The second kappa shape index (κ2) is 10.4. The van der Waals surface area contributed by atoms with Gasteiger partial charge in [-0.2, -0.15) is 5.26 Å². The van der Waals surface area contributed by atoms with Gasteiger partial charge in [-0.3, -0.25) is 18.7 Å². The summed E-state index contributed by atoms with van der Waals surface area (Å²) in [7, 11) is 0. The molecule has 2 heterocycles. The second-order valence-corrected chi connectivity index (χ2v) is 7.42. The fourth-order valence-electron chi connectivity index (χ4n) is 3.18. The van der Waals surface area contributed by atoms with Crippen molar-refractivity contribution in [2.24, 2.45) is 5.92 Å². The summed E-state index contributed by atoms with van der Waals surface area (Å²) in [5.74, 6) is -2.58. The summed E-state index contributed by atoms with van der Waals surface area (Å²) >= 11 is 0. The SMILES string of the molecule is CCn1c(NC2=CC(F)=C(Oc3cccc(C#N)n3)CC=C2)cc(=O)n(C[C@H](C)C(=O)O)c1=O. The number of pyridine rings is 1. The van der Waals surface area contributed by atoms with Gasteiger partial charge in [0, 0.05) is 43.4 Å².